The molecule has 3 rings (SSSR count). The maximum Gasteiger partial charge on any atom is 0.225 e. The van der Waals surface area contributed by atoms with Crippen molar-refractivity contribution in [1.82, 2.24) is 4.90 Å². The summed E-state index contributed by atoms with van der Waals surface area (Å²) in [7, 11) is 0. The molecule has 2 aliphatic rings. The van der Waals surface area contributed by atoms with E-state index >= 15 is 0 Å². The Hall–Kier alpha value is -1.35. The van der Waals surface area contributed by atoms with Crippen molar-refractivity contribution in [3.05, 3.63) is 35.9 Å². The predicted octanol–water partition coefficient (Wildman–Crippen LogP) is 2.82. The summed E-state index contributed by atoms with van der Waals surface area (Å²) in [5, 5.41) is 0. The number of rotatable bonds is 2. The summed E-state index contributed by atoms with van der Waals surface area (Å²) in [5.74, 6) is 1.25. The summed E-state index contributed by atoms with van der Waals surface area (Å²) < 4.78 is 5.32. The molecule has 0 radical (unpaired) electrons. The van der Waals surface area contributed by atoms with Crippen molar-refractivity contribution < 1.29 is 9.53 Å². The largest absolute Gasteiger partial charge is 0.378 e. The van der Waals surface area contributed by atoms with E-state index in [2.05, 4.69) is 30.3 Å². The van der Waals surface area contributed by atoms with E-state index in [-0.39, 0.29) is 5.92 Å². The quantitative estimate of drug-likeness (QED) is 0.829. The van der Waals surface area contributed by atoms with E-state index in [9.17, 15) is 4.79 Å². The zero-order valence-electron chi connectivity index (χ0n) is 12.0. The Bertz CT molecular complexity index is 432. The summed E-state index contributed by atoms with van der Waals surface area (Å²) in [6, 6.07) is 10.7. The van der Waals surface area contributed by atoms with Gasteiger partial charge in [0.15, 0.2) is 0 Å². The van der Waals surface area contributed by atoms with Crippen molar-refractivity contribution in [2.75, 3.05) is 26.3 Å². The van der Waals surface area contributed by atoms with Gasteiger partial charge in [0.25, 0.3) is 0 Å². The molecular formula is C17H23NO2. The SMILES string of the molecule is O=C(C1CCC(c2ccccc2)CC1)N1CCOCC1. The van der Waals surface area contributed by atoms with Crippen LogP contribution < -0.4 is 0 Å². The second-order valence-corrected chi connectivity index (χ2v) is 5.90. The monoisotopic (exact) mass is 273 g/mol. The van der Waals surface area contributed by atoms with Gasteiger partial charge in [0.1, 0.15) is 0 Å². The smallest absolute Gasteiger partial charge is 0.225 e. The average Bonchev–Trinajstić information content (AvgIpc) is 2.56. The number of hydrogen-bond donors (Lipinski definition) is 0. The zero-order valence-corrected chi connectivity index (χ0v) is 12.0. The first kappa shape index (κ1) is 13.6. The predicted molar refractivity (Wildman–Crippen MR) is 78.5 cm³/mol. The first-order valence-electron chi connectivity index (χ1n) is 7.76. The molecule has 0 bridgehead atoms. The van der Waals surface area contributed by atoms with Crippen molar-refractivity contribution in [2.24, 2.45) is 5.92 Å². The summed E-state index contributed by atoms with van der Waals surface area (Å²) in [4.78, 5) is 14.5. The van der Waals surface area contributed by atoms with Gasteiger partial charge in [-0.3, -0.25) is 4.79 Å². The Morgan fingerprint density at radius 2 is 1.65 bits per heavy atom. The Labute approximate surface area is 120 Å². The third-order valence-electron chi connectivity index (χ3n) is 4.67. The van der Waals surface area contributed by atoms with Gasteiger partial charge in [-0.15, -0.1) is 0 Å². The van der Waals surface area contributed by atoms with Crippen LogP contribution in [-0.2, 0) is 9.53 Å². The van der Waals surface area contributed by atoms with Crippen LogP contribution in [-0.4, -0.2) is 37.1 Å². The van der Waals surface area contributed by atoms with Crippen molar-refractivity contribution in [3.63, 3.8) is 0 Å². The molecule has 0 N–H and O–H groups in total. The van der Waals surface area contributed by atoms with Gasteiger partial charge < -0.3 is 9.64 Å². The van der Waals surface area contributed by atoms with Crippen molar-refractivity contribution in [3.8, 4) is 0 Å². The fourth-order valence-electron chi connectivity index (χ4n) is 3.44. The number of ether oxygens (including phenoxy) is 1. The minimum Gasteiger partial charge on any atom is -0.378 e. The Morgan fingerprint density at radius 1 is 1.00 bits per heavy atom. The highest BCUT2D eigenvalue weighted by Crippen LogP contribution is 2.36. The van der Waals surface area contributed by atoms with Gasteiger partial charge in [0.2, 0.25) is 5.91 Å². The van der Waals surface area contributed by atoms with Crippen LogP contribution in [0.4, 0.5) is 0 Å². The molecule has 1 heterocycles. The molecule has 1 saturated carbocycles. The molecule has 3 nitrogen and oxygen atoms in total. The molecule has 108 valence electrons. The van der Waals surface area contributed by atoms with E-state index < -0.39 is 0 Å². The van der Waals surface area contributed by atoms with Crippen LogP contribution in [0.5, 0.6) is 0 Å². The Kier molecular flexibility index (Phi) is 4.36. The average molecular weight is 273 g/mol. The van der Waals surface area contributed by atoms with Gasteiger partial charge >= 0.3 is 0 Å². The minimum atomic E-state index is 0.244. The maximum atomic E-state index is 12.5. The van der Waals surface area contributed by atoms with Crippen molar-refractivity contribution in [1.29, 1.82) is 0 Å². The Morgan fingerprint density at radius 3 is 2.30 bits per heavy atom. The number of carbonyl (C=O) groups excluding carboxylic acids is 1. The van der Waals surface area contributed by atoms with Gasteiger partial charge in [-0.2, -0.15) is 0 Å². The topological polar surface area (TPSA) is 29.5 Å². The number of nitrogens with zero attached hydrogens (tertiary/aromatic N) is 1. The van der Waals surface area contributed by atoms with Gasteiger partial charge in [-0.05, 0) is 37.2 Å². The van der Waals surface area contributed by atoms with E-state index in [1.807, 2.05) is 4.90 Å². The van der Waals surface area contributed by atoms with Crippen molar-refractivity contribution in [2.45, 2.75) is 31.6 Å². The van der Waals surface area contributed by atoms with Crippen LogP contribution in [0.2, 0.25) is 0 Å². The second-order valence-electron chi connectivity index (χ2n) is 5.90. The fraction of sp³-hybridized carbons (Fsp3) is 0.588. The summed E-state index contributed by atoms with van der Waals surface area (Å²) in [6.45, 7) is 2.95. The molecule has 1 aliphatic carbocycles. The highest BCUT2D eigenvalue weighted by atomic mass is 16.5. The molecule has 1 amide bonds. The molecule has 2 fully saturated rings. The first-order valence-corrected chi connectivity index (χ1v) is 7.76. The van der Waals surface area contributed by atoms with Gasteiger partial charge in [0.05, 0.1) is 13.2 Å². The molecule has 1 aliphatic heterocycles. The van der Waals surface area contributed by atoms with Crippen LogP contribution in [0.1, 0.15) is 37.2 Å². The third kappa shape index (κ3) is 3.04. The molecule has 1 aromatic rings. The number of amides is 1. The molecule has 3 heteroatoms. The van der Waals surface area contributed by atoms with Crippen LogP contribution in [0.15, 0.2) is 30.3 Å². The highest BCUT2D eigenvalue weighted by molar-refractivity contribution is 5.79. The van der Waals surface area contributed by atoms with Gasteiger partial charge in [-0.25, -0.2) is 0 Å². The summed E-state index contributed by atoms with van der Waals surface area (Å²) >= 11 is 0. The second kappa shape index (κ2) is 6.40. The zero-order chi connectivity index (χ0) is 13.8. The molecule has 0 spiro atoms. The van der Waals surface area contributed by atoms with Gasteiger partial charge in [-0.1, -0.05) is 30.3 Å². The molecule has 1 saturated heterocycles. The van der Waals surface area contributed by atoms with E-state index in [1.165, 1.54) is 5.56 Å². The summed E-state index contributed by atoms with van der Waals surface area (Å²) in [6.07, 6.45) is 4.36. The first-order chi connectivity index (χ1) is 9.84. The number of carbonyl (C=O) groups is 1. The molecule has 1 aromatic carbocycles. The molecule has 0 aromatic heterocycles. The third-order valence-corrected chi connectivity index (χ3v) is 4.67. The van der Waals surface area contributed by atoms with E-state index in [0.29, 0.717) is 25.0 Å². The van der Waals surface area contributed by atoms with Crippen LogP contribution in [0, 0.1) is 5.92 Å². The van der Waals surface area contributed by atoms with Crippen molar-refractivity contribution >= 4 is 5.91 Å². The lowest BCUT2D eigenvalue weighted by Gasteiger charge is -2.34. The van der Waals surface area contributed by atoms with E-state index in [4.69, 9.17) is 4.74 Å². The molecule has 0 atom stereocenters. The van der Waals surface area contributed by atoms with E-state index in [0.717, 1.165) is 38.8 Å². The lowest BCUT2D eigenvalue weighted by Crippen LogP contribution is -2.44. The van der Waals surface area contributed by atoms with Gasteiger partial charge in [0, 0.05) is 19.0 Å². The summed E-state index contributed by atoms with van der Waals surface area (Å²) in [5.41, 5.74) is 1.43. The standard InChI is InChI=1S/C17H23NO2/c19-17(18-10-12-20-13-11-18)16-8-6-15(7-9-16)14-4-2-1-3-5-14/h1-5,15-16H,6-13H2. The fourth-order valence-corrected chi connectivity index (χ4v) is 3.44. The van der Waals surface area contributed by atoms with Crippen LogP contribution >= 0.6 is 0 Å². The number of hydrogen-bond acceptors (Lipinski definition) is 2. The molecular weight excluding hydrogens is 250 g/mol. The van der Waals surface area contributed by atoms with Crippen LogP contribution in [0.25, 0.3) is 0 Å². The molecule has 20 heavy (non-hydrogen) atoms. The Balaban J connectivity index is 1.54. The maximum absolute atomic E-state index is 12.5. The minimum absolute atomic E-state index is 0.244. The highest BCUT2D eigenvalue weighted by Gasteiger charge is 2.30. The van der Waals surface area contributed by atoms with Crippen LogP contribution in [0.3, 0.4) is 0 Å². The molecule has 0 unspecified atom stereocenters. The lowest BCUT2D eigenvalue weighted by atomic mass is 9.78. The van der Waals surface area contributed by atoms with E-state index in [1.54, 1.807) is 0 Å². The normalized spacial score (nSPS) is 27.3. The number of benzene rings is 1. The lowest BCUT2D eigenvalue weighted by molar-refractivity contribution is -0.140. The number of morpholine rings is 1.